The summed E-state index contributed by atoms with van der Waals surface area (Å²) in [5.74, 6) is -0.453. The molecule has 2 aliphatic carbocycles. The van der Waals surface area contributed by atoms with E-state index in [0.29, 0.717) is 12.0 Å². The van der Waals surface area contributed by atoms with Gasteiger partial charge in [-0.3, -0.25) is 10.1 Å². The molecule has 4 unspecified atom stereocenters. The molecule has 0 aromatic rings. The number of carbonyl (C=O) groups excluding carboxylic acids is 1. The predicted octanol–water partition coefficient (Wildman–Crippen LogP) is 1.68. The van der Waals surface area contributed by atoms with Gasteiger partial charge in [-0.25, -0.2) is 4.89 Å². The summed E-state index contributed by atoms with van der Waals surface area (Å²) >= 11 is 0. The van der Waals surface area contributed by atoms with Gasteiger partial charge in [0.15, 0.2) is 5.78 Å². The average molecular weight is 284 g/mol. The molecule has 4 atom stereocenters. The molecule has 20 heavy (non-hydrogen) atoms. The molecule has 0 radical (unpaired) electrons. The summed E-state index contributed by atoms with van der Waals surface area (Å²) in [5.41, 5.74) is -2.13. The zero-order valence-electron chi connectivity index (χ0n) is 12.5. The number of ketones is 1. The second-order valence-electron chi connectivity index (χ2n) is 7.19. The van der Waals surface area contributed by atoms with E-state index < -0.39 is 28.6 Å². The van der Waals surface area contributed by atoms with Gasteiger partial charge < -0.3 is 10.2 Å². The van der Waals surface area contributed by atoms with Gasteiger partial charge in [0.2, 0.25) is 0 Å². The molecule has 2 aliphatic rings. The van der Waals surface area contributed by atoms with Crippen LogP contribution in [0.2, 0.25) is 0 Å². The first-order chi connectivity index (χ1) is 9.06. The fraction of sp³-hybridized carbons (Fsp3) is 0.800. The molecule has 0 aromatic heterocycles. The first kappa shape index (κ1) is 15.6. The quantitative estimate of drug-likeness (QED) is 0.530. The van der Waals surface area contributed by atoms with Crippen molar-refractivity contribution in [2.45, 2.75) is 64.3 Å². The molecule has 2 rings (SSSR count). The van der Waals surface area contributed by atoms with Crippen molar-refractivity contribution in [1.29, 1.82) is 0 Å². The van der Waals surface area contributed by atoms with E-state index in [1.165, 1.54) is 6.08 Å². The van der Waals surface area contributed by atoms with Gasteiger partial charge in [-0.2, -0.15) is 0 Å². The van der Waals surface area contributed by atoms with Crippen LogP contribution >= 0.6 is 0 Å². The van der Waals surface area contributed by atoms with Crippen LogP contribution in [-0.4, -0.2) is 38.6 Å². The number of aliphatic hydroxyl groups is 2. The summed E-state index contributed by atoms with van der Waals surface area (Å²) < 4.78 is 0. The Labute approximate surface area is 119 Å². The maximum atomic E-state index is 11.8. The minimum Gasteiger partial charge on any atom is -0.393 e. The molecule has 0 amide bonds. The third kappa shape index (κ3) is 2.13. The number of rotatable bonds is 2. The van der Waals surface area contributed by atoms with Crippen LogP contribution < -0.4 is 0 Å². The topological polar surface area (TPSA) is 87.0 Å². The van der Waals surface area contributed by atoms with E-state index >= 15 is 0 Å². The summed E-state index contributed by atoms with van der Waals surface area (Å²) in [6.45, 7) is 6.88. The van der Waals surface area contributed by atoms with Gasteiger partial charge in [-0.15, -0.1) is 0 Å². The van der Waals surface area contributed by atoms with Crippen LogP contribution in [0, 0.1) is 11.3 Å². The number of fused-ring (bicyclic) bond motifs is 1. The second-order valence-corrected chi connectivity index (χ2v) is 7.19. The average Bonchev–Trinajstić information content (AvgIpc) is 2.25. The van der Waals surface area contributed by atoms with Crippen LogP contribution in [0.3, 0.4) is 0 Å². The lowest BCUT2D eigenvalue weighted by atomic mass is 9.52. The molecule has 1 fully saturated rings. The van der Waals surface area contributed by atoms with E-state index in [1.807, 2.05) is 6.92 Å². The van der Waals surface area contributed by atoms with Crippen molar-refractivity contribution in [3.05, 3.63) is 11.6 Å². The number of hydrogen-bond donors (Lipinski definition) is 3. The summed E-state index contributed by atoms with van der Waals surface area (Å²) in [5, 5.41) is 30.2. The molecular weight excluding hydrogens is 260 g/mol. The lowest BCUT2D eigenvalue weighted by Gasteiger charge is -2.56. The van der Waals surface area contributed by atoms with E-state index in [0.717, 1.165) is 0 Å². The van der Waals surface area contributed by atoms with Gasteiger partial charge in [-0.05, 0) is 45.3 Å². The maximum absolute atomic E-state index is 11.8. The van der Waals surface area contributed by atoms with Crippen molar-refractivity contribution in [1.82, 2.24) is 0 Å². The Kier molecular flexibility index (Phi) is 3.62. The standard InChI is InChI=1S/C15H24O5/c1-9-5-10(16)6-14(4)8-12(17)11(13(2,3)18)7-15(9,14)20-19/h5,11-12,17-19H,6-8H2,1-4H3. The molecule has 0 bridgehead atoms. The predicted molar refractivity (Wildman–Crippen MR) is 73.0 cm³/mol. The Morgan fingerprint density at radius 1 is 1.40 bits per heavy atom. The highest BCUT2D eigenvalue weighted by Crippen LogP contribution is 2.57. The van der Waals surface area contributed by atoms with E-state index in [-0.39, 0.29) is 18.6 Å². The normalized spacial score (nSPS) is 42.1. The molecule has 114 valence electrons. The summed E-state index contributed by atoms with van der Waals surface area (Å²) in [6.07, 6.45) is 1.57. The van der Waals surface area contributed by atoms with Crippen molar-refractivity contribution in [3.8, 4) is 0 Å². The molecule has 0 aromatic carbocycles. The summed E-state index contributed by atoms with van der Waals surface area (Å²) in [4.78, 5) is 16.7. The molecule has 1 saturated carbocycles. The Hall–Kier alpha value is -0.750. The van der Waals surface area contributed by atoms with Crippen molar-refractivity contribution < 1.29 is 25.2 Å². The molecular formula is C15H24O5. The number of carbonyl (C=O) groups is 1. The van der Waals surface area contributed by atoms with Crippen LogP contribution in [-0.2, 0) is 9.68 Å². The van der Waals surface area contributed by atoms with Gasteiger partial charge in [0.05, 0.1) is 11.7 Å². The van der Waals surface area contributed by atoms with E-state index in [9.17, 15) is 20.3 Å². The molecule has 0 heterocycles. The summed E-state index contributed by atoms with van der Waals surface area (Å²) in [6, 6.07) is 0. The largest absolute Gasteiger partial charge is 0.393 e. The van der Waals surface area contributed by atoms with Crippen molar-refractivity contribution in [2.24, 2.45) is 11.3 Å². The van der Waals surface area contributed by atoms with Crippen LogP contribution in [0.1, 0.15) is 47.0 Å². The minimum atomic E-state index is -1.09. The monoisotopic (exact) mass is 284 g/mol. The van der Waals surface area contributed by atoms with Gasteiger partial charge in [-0.1, -0.05) is 6.92 Å². The van der Waals surface area contributed by atoms with Gasteiger partial charge in [0.25, 0.3) is 0 Å². The van der Waals surface area contributed by atoms with E-state index in [4.69, 9.17) is 4.89 Å². The zero-order chi connectivity index (χ0) is 15.3. The van der Waals surface area contributed by atoms with Crippen LogP contribution in [0.25, 0.3) is 0 Å². The van der Waals surface area contributed by atoms with Crippen molar-refractivity contribution >= 4 is 5.78 Å². The molecule has 5 heteroatoms. The van der Waals surface area contributed by atoms with Gasteiger partial charge >= 0.3 is 0 Å². The molecule has 5 nitrogen and oxygen atoms in total. The lowest BCUT2D eigenvalue weighted by molar-refractivity contribution is -0.360. The molecule has 0 aliphatic heterocycles. The van der Waals surface area contributed by atoms with Gasteiger partial charge in [0, 0.05) is 17.8 Å². The number of allylic oxidation sites excluding steroid dienone is 1. The fourth-order valence-corrected chi connectivity index (χ4v) is 4.05. The number of aliphatic hydroxyl groups excluding tert-OH is 1. The third-order valence-electron chi connectivity index (χ3n) is 5.25. The highest BCUT2D eigenvalue weighted by Gasteiger charge is 2.61. The van der Waals surface area contributed by atoms with Crippen molar-refractivity contribution in [2.75, 3.05) is 0 Å². The minimum absolute atomic E-state index is 0.0217. The van der Waals surface area contributed by atoms with Crippen LogP contribution in [0.4, 0.5) is 0 Å². The van der Waals surface area contributed by atoms with Crippen LogP contribution in [0.5, 0.6) is 0 Å². The lowest BCUT2D eigenvalue weighted by Crippen LogP contribution is -2.62. The highest BCUT2D eigenvalue weighted by atomic mass is 17.1. The molecule has 3 N–H and O–H groups in total. The first-order valence-electron chi connectivity index (χ1n) is 7.00. The SMILES string of the molecule is CC1=CC(=O)CC2(C)CC(O)C(C(C)(C)O)CC12OO. The van der Waals surface area contributed by atoms with Gasteiger partial charge in [0.1, 0.15) is 5.60 Å². The van der Waals surface area contributed by atoms with E-state index in [2.05, 4.69) is 0 Å². The Morgan fingerprint density at radius 3 is 2.50 bits per heavy atom. The Bertz CT molecular complexity index is 450. The Balaban J connectivity index is 2.50. The highest BCUT2D eigenvalue weighted by molar-refractivity contribution is 5.92. The second kappa shape index (κ2) is 4.63. The third-order valence-corrected chi connectivity index (χ3v) is 5.25. The smallest absolute Gasteiger partial charge is 0.156 e. The zero-order valence-corrected chi connectivity index (χ0v) is 12.5. The number of hydrogen-bond acceptors (Lipinski definition) is 5. The van der Waals surface area contributed by atoms with Crippen LogP contribution in [0.15, 0.2) is 11.6 Å². The first-order valence-corrected chi connectivity index (χ1v) is 7.00. The Morgan fingerprint density at radius 2 is 2.00 bits per heavy atom. The summed E-state index contributed by atoms with van der Waals surface area (Å²) in [7, 11) is 0. The van der Waals surface area contributed by atoms with Crippen molar-refractivity contribution in [3.63, 3.8) is 0 Å². The van der Waals surface area contributed by atoms with E-state index in [1.54, 1.807) is 20.8 Å². The molecule has 0 saturated heterocycles. The fourth-order valence-electron chi connectivity index (χ4n) is 4.05. The molecule has 0 spiro atoms. The maximum Gasteiger partial charge on any atom is 0.156 e.